The zero-order chi connectivity index (χ0) is 27.4. The highest BCUT2D eigenvalue weighted by molar-refractivity contribution is 6.14. The van der Waals surface area contributed by atoms with Crippen molar-refractivity contribution in [1.82, 2.24) is 0 Å². The van der Waals surface area contributed by atoms with Gasteiger partial charge in [-0.2, -0.15) is 0 Å². The van der Waals surface area contributed by atoms with E-state index in [4.69, 9.17) is 9.98 Å². The standard InChI is InChI=1S/C39H28N2/c1-5-13-28(14-6-1)38(29-15-7-2-8-16-29)40-34-21-23-36-32(26-34)25-33-27-35(22-24-37(33)36)41-39(30-17-9-3-10-18-30)31-19-11-4-12-20-31/h1-24,26-27H,25H2. The van der Waals surface area contributed by atoms with Gasteiger partial charge in [0.1, 0.15) is 0 Å². The fourth-order valence-electron chi connectivity index (χ4n) is 5.56. The first-order valence-corrected chi connectivity index (χ1v) is 14.0. The van der Waals surface area contributed by atoms with Crippen molar-refractivity contribution in [3.05, 3.63) is 191 Å². The van der Waals surface area contributed by atoms with Crippen LogP contribution in [0.2, 0.25) is 0 Å². The van der Waals surface area contributed by atoms with Gasteiger partial charge in [0.05, 0.1) is 22.8 Å². The van der Waals surface area contributed by atoms with Gasteiger partial charge in [0.15, 0.2) is 0 Å². The van der Waals surface area contributed by atoms with E-state index in [1.165, 1.54) is 22.3 Å². The maximum Gasteiger partial charge on any atom is 0.0781 e. The Balaban J connectivity index is 1.24. The van der Waals surface area contributed by atoms with E-state index in [1.807, 2.05) is 24.3 Å². The maximum atomic E-state index is 5.16. The molecule has 0 aliphatic heterocycles. The molecule has 1 aliphatic rings. The molecule has 0 N–H and O–H groups in total. The third-order valence-corrected chi connectivity index (χ3v) is 7.52. The Bertz CT molecular complexity index is 1650. The number of hydrogen-bond acceptors (Lipinski definition) is 2. The molecule has 194 valence electrons. The van der Waals surface area contributed by atoms with E-state index >= 15 is 0 Å². The molecule has 6 aromatic rings. The summed E-state index contributed by atoms with van der Waals surface area (Å²) < 4.78 is 0. The molecule has 0 bridgehead atoms. The van der Waals surface area contributed by atoms with Gasteiger partial charge in [-0.05, 0) is 52.9 Å². The van der Waals surface area contributed by atoms with Gasteiger partial charge in [-0.15, -0.1) is 0 Å². The molecule has 41 heavy (non-hydrogen) atoms. The summed E-state index contributed by atoms with van der Waals surface area (Å²) in [4.78, 5) is 10.3. The number of rotatable bonds is 6. The van der Waals surface area contributed by atoms with E-state index in [9.17, 15) is 0 Å². The average Bonchev–Trinajstić information content (AvgIpc) is 3.41. The largest absolute Gasteiger partial charge is 0.248 e. The van der Waals surface area contributed by atoms with Crippen molar-refractivity contribution in [1.29, 1.82) is 0 Å². The Morgan fingerprint density at radius 1 is 0.366 bits per heavy atom. The van der Waals surface area contributed by atoms with Gasteiger partial charge in [-0.25, -0.2) is 9.98 Å². The van der Waals surface area contributed by atoms with Gasteiger partial charge in [0, 0.05) is 22.3 Å². The molecule has 0 radical (unpaired) electrons. The van der Waals surface area contributed by atoms with Crippen molar-refractivity contribution in [3.63, 3.8) is 0 Å². The van der Waals surface area contributed by atoms with Crippen LogP contribution in [0.1, 0.15) is 33.4 Å². The fourth-order valence-corrected chi connectivity index (χ4v) is 5.56. The molecule has 1 aliphatic carbocycles. The third kappa shape index (κ3) is 5.16. The second-order valence-corrected chi connectivity index (χ2v) is 10.2. The highest BCUT2D eigenvalue weighted by atomic mass is 14.8. The summed E-state index contributed by atoms with van der Waals surface area (Å²) in [6, 6.07) is 54.8. The average molecular weight is 525 g/mol. The molecular weight excluding hydrogens is 496 g/mol. The highest BCUT2D eigenvalue weighted by Gasteiger charge is 2.20. The molecule has 0 atom stereocenters. The van der Waals surface area contributed by atoms with Crippen LogP contribution >= 0.6 is 0 Å². The van der Waals surface area contributed by atoms with Gasteiger partial charge in [0.2, 0.25) is 0 Å². The summed E-state index contributed by atoms with van der Waals surface area (Å²) in [7, 11) is 0. The summed E-state index contributed by atoms with van der Waals surface area (Å²) in [5, 5.41) is 0. The number of benzene rings is 6. The quantitative estimate of drug-likeness (QED) is 0.194. The number of aliphatic imine (C=N–C) groups is 2. The van der Waals surface area contributed by atoms with Gasteiger partial charge in [-0.3, -0.25) is 0 Å². The van der Waals surface area contributed by atoms with Crippen molar-refractivity contribution in [2.24, 2.45) is 9.98 Å². The maximum absolute atomic E-state index is 5.16. The Kier molecular flexibility index (Phi) is 6.64. The summed E-state index contributed by atoms with van der Waals surface area (Å²) >= 11 is 0. The lowest BCUT2D eigenvalue weighted by atomic mass is 10.0. The molecule has 2 nitrogen and oxygen atoms in total. The van der Waals surface area contributed by atoms with Crippen LogP contribution in [0, 0.1) is 0 Å². The summed E-state index contributed by atoms with van der Waals surface area (Å²) in [6.45, 7) is 0. The first-order valence-electron chi connectivity index (χ1n) is 14.0. The number of hydrogen-bond donors (Lipinski definition) is 0. The second-order valence-electron chi connectivity index (χ2n) is 10.2. The highest BCUT2D eigenvalue weighted by Crippen LogP contribution is 2.40. The van der Waals surface area contributed by atoms with Crippen molar-refractivity contribution >= 4 is 22.8 Å². The Hall–Kier alpha value is -5.34. The molecule has 0 unspecified atom stereocenters. The Morgan fingerprint density at radius 3 is 1.00 bits per heavy atom. The van der Waals surface area contributed by atoms with Crippen LogP contribution in [-0.4, -0.2) is 11.4 Å². The van der Waals surface area contributed by atoms with E-state index in [1.54, 1.807) is 0 Å². The first kappa shape index (κ1) is 24.7. The molecule has 2 heteroatoms. The van der Waals surface area contributed by atoms with Gasteiger partial charge >= 0.3 is 0 Å². The van der Waals surface area contributed by atoms with E-state index in [0.29, 0.717) is 0 Å². The first-order chi connectivity index (χ1) is 20.3. The minimum Gasteiger partial charge on any atom is -0.248 e. The molecule has 0 saturated heterocycles. The Morgan fingerprint density at radius 2 is 0.683 bits per heavy atom. The van der Waals surface area contributed by atoms with Crippen LogP contribution < -0.4 is 0 Å². The Labute approximate surface area is 241 Å². The van der Waals surface area contributed by atoms with Crippen LogP contribution in [-0.2, 0) is 6.42 Å². The smallest absolute Gasteiger partial charge is 0.0781 e. The fraction of sp³-hybridized carbons (Fsp3) is 0.0256. The predicted octanol–water partition coefficient (Wildman–Crippen LogP) is 9.60. The van der Waals surface area contributed by atoms with Crippen LogP contribution in [0.4, 0.5) is 11.4 Å². The van der Waals surface area contributed by atoms with Crippen LogP contribution in [0.3, 0.4) is 0 Å². The minimum atomic E-state index is 0.870. The lowest BCUT2D eigenvalue weighted by molar-refractivity contribution is 1.25. The second kappa shape index (κ2) is 11.0. The van der Waals surface area contributed by atoms with E-state index < -0.39 is 0 Å². The molecule has 0 spiro atoms. The summed E-state index contributed by atoms with van der Waals surface area (Å²) in [6.07, 6.45) is 0.870. The lowest BCUT2D eigenvalue weighted by Crippen LogP contribution is -2.02. The van der Waals surface area contributed by atoms with Crippen LogP contribution in [0.15, 0.2) is 168 Å². The third-order valence-electron chi connectivity index (χ3n) is 7.52. The predicted molar refractivity (Wildman–Crippen MR) is 171 cm³/mol. The van der Waals surface area contributed by atoms with Crippen molar-refractivity contribution < 1.29 is 0 Å². The zero-order valence-corrected chi connectivity index (χ0v) is 22.6. The number of fused-ring (bicyclic) bond motifs is 3. The SMILES string of the molecule is c1ccc(C(=Nc2ccc3c(c2)Cc2cc(N=C(c4ccccc4)c4ccccc4)ccc2-3)c2ccccc2)cc1. The topological polar surface area (TPSA) is 24.7 Å². The van der Waals surface area contributed by atoms with Crippen molar-refractivity contribution in [2.75, 3.05) is 0 Å². The normalized spacial score (nSPS) is 11.3. The number of nitrogens with zero attached hydrogens (tertiary/aromatic N) is 2. The molecule has 6 aromatic carbocycles. The molecular formula is C39H28N2. The monoisotopic (exact) mass is 524 g/mol. The summed E-state index contributed by atoms with van der Waals surface area (Å²) in [5.41, 5.74) is 13.5. The van der Waals surface area contributed by atoms with Crippen molar-refractivity contribution in [2.45, 2.75) is 6.42 Å². The van der Waals surface area contributed by atoms with Crippen molar-refractivity contribution in [3.8, 4) is 11.1 Å². The van der Waals surface area contributed by atoms with Gasteiger partial charge in [0.25, 0.3) is 0 Å². The summed E-state index contributed by atoms with van der Waals surface area (Å²) in [5.74, 6) is 0. The molecule has 0 amide bonds. The molecule has 0 fully saturated rings. The van der Waals surface area contributed by atoms with Gasteiger partial charge in [-0.1, -0.05) is 133 Å². The zero-order valence-electron chi connectivity index (χ0n) is 22.6. The molecule has 0 aromatic heterocycles. The van der Waals surface area contributed by atoms with E-state index in [-0.39, 0.29) is 0 Å². The van der Waals surface area contributed by atoms with E-state index in [0.717, 1.165) is 51.5 Å². The van der Waals surface area contributed by atoms with Crippen LogP contribution in [0.5, 0.6) is 0 Å². The lowest BCUT2D eigenvalue weighted by Gasteiger charge is -2.09. The molecule has 7 rings (SSSR count). The van der Waals surface area contributed by atoms with Gasteiger partial charge < -0.3 is 0 Å². The molecule has 0 heterocycles. The van der Waals surface area contributed by atoms with E-state index in [2.05, 4.69) is 133 Å². The van der Waals surface area contributed by atoms with Crippen LogP contribution in [0.25, 0.3) is 11.1 Å². The molecule has 0 saturated carbocycles. The minimum absolute atomic E-state index is 0.870.